The number of hydrogen-bond acceptors (Lipinski definition) is 4. The number of anilines is 1. The number of aryl methyl sites for hydroxylation is 2. The van der Waals surface area contributed by atoms with Crippen LogP contribution in [0, 0.1) is 13.8 Å². The molecule has 0 bridgehead atoms. The molecule has 0 aliphatic carbocycles. The molecule has 2 aromatic carbocycles. The molecule has 0 saturated heterocycles. The van der Waals surface area contributed by atoms with E-state index in [9.17, 15) is 9.59 Å². The Morgan fingerprint density at radius 2 is 1.57 bits per heavy atom. The highest BCUT2D eigenvalue weighted by molar-refractivity contribution is 5.94. The van der Waals surface area contributed by atoms with E-state index in [4.69, 9.17) is 9.47 Å². The van der Waals surface area contributed by atoms with Crippen LogP contribution in [0.2, 0.25) is 0 Å². The van der Waals surface area contributed by atoms with Gasteiger partial charge in [-0.15, -0.1) is 0 Å². The molecule has 0 unspecified atom stereocenters. The molecule has 5 nitrogen and oxygen atoms in total. The largest absolute Gasteiger partial charge is 0.493 e. The number of hydrogen-bond donors (Lipinski definition) is 1. The molecule has 0 spiro atoms. The summed E-state index contributed by atoms with van der Waals surface area (Å²) in [5, 5.41) is 2.79. The fourth-order valence-corrected chi connectivity index (χ4v) is 2.71. The second-order valence-electron chi connectivity index (χ2n) is 7.85. The van der Waals surface area contributed by atoms with Gasteiger partial charge >= 0.3 is 5.97 Å². The maximum absolute atomic E-state index is 12.0. The highest BCUT2D eigenvalue weighted by Crippen LogP contribution is 2.24. The number of ether oxygens (including phenoxy) is 2. The van der Waals surface area contributed by atoms with Gasteiger partial charge < -0.3 is 14.8 Å². The van der Waals surface area contributed by atoms with Crippen molar-refractivity contribution in [1.82, 2.24) is 0 Å². The Morgan fingerprint density at radius 1 is 0.964 bits per heavy atom. The molecule has 1 N–H and O–H groups in total. The Bertz CT molecular complexity index is 799. The summed E-state index contributed by atoms with van der Waals surface area (Å²) < 4.78 is 10.6. The topological polar surface area (TPSA) is 64.6 Å². The molecule has 5 heteroatoms. The van der Waals surface area contributed by atoms with Crippen LogP contribution < -0.4 is 10.1 Å². The molecule has 0 saturated carbocycles. The highest BCUT2D eigenvalue weighted by atomic mass is 16.5. The molecule has 0 fully saturated rings. The number of benzene rings is 2. The van der Waals surface area contributed by atoms with Gasteiger partial charge in [-0.1, -0.05) is 51.1 Å². The van der Waals surface area contributed by atoms with Gasteiger partial charge in [-0.05, 0) is 48.1 Å². The van der Waals surface area contributed by atoms with Gasteiger partial charge in [0.1, 0.15) is 5.75 Å². The molecule has 2 aromatic rings. The number of carbonyl (C=O) groups is 2. The second-order valence-corrected chi connectivity index (χ2v) is 7.85. The molecular formula is C23H29NO4. The summed E-state index contributed by atoms with van der Waals surface area (Å²) in [5.74, 6) is -0.124. The van der Waals surface area contributed by atoms with Gasteiger partial charge in [-0.3, -0.25) is 9.59 Å². The van der Waals surface area contributed by atoms with Gasteiger partial charge in [-0.25, -0.2) is 0 Å². The van der Waals surface area contributed by atoms with Gasteiger partial charge in [0.25, 0.3) is 5.91 Å². The molecular weight excluding hydrogens is 354 g/mol. The standard InChI is InChI=1S/C23H29NO4/c1-16-7-6-8-17(2)22(16)24-20(25)15-28-21(26)13-14-27-19-11-9-18(10-12-19)23(3,4)5/h6-12H,13-15H2,1-5H3,(H,24,25). The van der Waals surface area contributed by atoms with E-state index >= 15 is 0 Å². The molecule has 1 amide bonds. The molecule has 0 atom stereocenters. The third-order valence-corrected chi connectivity index (χ3v) is 4.41. The first-order valence-corrected chi connectivity index (χ1v) is 9.42. The Balaban J connectivity index is 1.72. The van der Waals surface area contributed by atoms with E-state index in [0.717, 1.165) is 16.8 Å². The Kier molecular flexibility index (Phi) is 7.21. The number of esters is 1. The van der Waals surface area contributed by atoms with Crippen molar-refractivity contribution in [3.8, 4) is 5.75 Å². The first-order valence-electron chi connectivity index (χ1n) is 9.42. The van der Waals surface area contributed by atoms with Crippen molar-refractivity contribution in [1.29, 1.82) is 0 Å². The molecule has 0 aromatic heterocycles. The zero-order valence-corrected chi connectivity index (χ0v) is 17.3. The molecule has 0 aliphatic rings. The Hall–Kier alpha value is -2.82. The lowest BCUT2D eigenvalue weighted by Crippen LogP contribution is -2.22. The van der Waals surface area contributed by atoms with Crippen LogP contribution in [0.5, 0.6) is 5.75 Å². The number of nitrogens with one attached hydrogen (secondary N) is 1. The molecule has 150 valence electrons. The summed E-state index contributed by atoms with van der Waals surface area (Å²) in [5.41, 5.74) is 3.98. The third kappa shape index (κ3) is 6.41. The van der Waals surface area contributed by atoms with Crippen molar-refractivity contribution >= 4 is 17.6 Å². The van der Waals surface area contributed by atoms with Gasteiger partial charge in [0.15, 0.2) is 6.61 Å². The van der Waals surface area contributed by atoms with E-state index in [1.807, 2.05) is 56.3 Å². The second kappa shape index (κ2) is 9.40. The molecule has 0 aliphatic heterocycles. The first-order chi connectivity index (χ1) is 13.2. The normalized spacial score (nSPS) is 11.0. The van der Waals surface area contributed by atoms with Crippen molar-refractivity contribution in [3.05, 3.63) is 59.2 Å². The van der Waals surface area contributed by atoms with E-state index in [1.54, 1.807) is 0 Å². The lowest BCUT2D eigenvalue weighted by molar-refractivity contribution is -0.147. The lowest BCUT2D eigenvalue weighted by atomic mass is 9.87. The fraction of sp³-hybridized carbons (Fsp3) is 0.391. The van der Waals surface area contributed by atoms with Crippen molar-refractivity contribution in [2.75, 3.05) is 18.5 Å². The van der Waals surface area contributed by atoms with E-state index in [0.29, 0.717) is 5.75 Å². The monoisotopic (exact) mass is 383 g/mol. The van der Waals surface area contributed by atoms with Crippen LogP contribution in [-0.2, 0) is 19.7 Å². The van der Waals surface area contributed by atoms with Gasteiger partial charge in [-0.2, -0.15) is 0 Å². The van der Waals surface area contributed by atoms with Crippen molar-refractivity contribution < 1.29 is 19.1 Å². The smallest absolute Gasteiger partial charge is 0.309 e. The maximum atomic E-state index is 12.0. The Labute approximate surface area is 167 Å². The SMILES string of the molecule is Cc1cccc(C)c1NC(=O)COC(=O)CCOc1ccc(C(C)(C)C)cc1. The van der Waals surface area contributed by atoms with E-state index in [2.05, 4.69) is 26.1 Å². The van der Waals surface area contributed by atoms with E-state index < -0.39 is 5.97 Å². The van der Waals surface area contributed by atoms with Crippen LogP contribution in [0.4, 0.5) is 5.69 Å². The van der Waals surface area contributed by atoms with Crippen LogP contribution in [0.25, 0.3) is 0 Å². The number of amides is 1. The number of carbonyl (C=O) groups excluding carboxylic acids is 2. The van der Waals surface area contributed by atoms with Crippen molar-refractivity contribution in [3.63, 3.8) is 0 Å². The molecule has 0 radical (unpaired) electrons. The zero-order valence-electron chi connectivity index (χ0n) is 17.3. The molecule has 2 rings (SSSR count). The number of para-hydroxylation sites is 1. The first kappa shape index (κ1) is 21.5. The van der Waals surface area contributed by atoms with Crippen LogP contribution >= 0.6 is 0 Å². The van der Waals surface area contributed by atoms with E-state index in [1.165, 1.54) is 5.56 Å². The Morgan fingerprint density at radius 3 is 2.14 bits per heavy atom. The third-order valence-electron chi connectivity index (χ3n) is 4.41. The van der Waals surface area contributed by atoms with Gasteiger partial charge in [0.2, 0.25) is 0 Å². The fourth-order valence-electron chi connectivity index (χ4n) is 2.71. The minimum Gasteiger partial charge on any atom is -0.493 e. The van der Waals surface area contributed by atoms with Gasteiger partial charge in [0.05, 0.1) is 13.0 Å². The van der Waals surface area contributed by atoms with Gasteiger partial charge in [0, 0.05) is 5.69 Å². The lowest BCUT2D eigenvalue weighted by Gasteiger charge is -2.19. The maximum Gasteiger partial charge on any atom is 0.309 e. The summed E-state index contributed by atoms with van der Waals surface area (Å²) in [7, 11) is 0. The van der Waals surface area contributed by atoms with E-state index in [-0.39, 0.29) is 31.0 Å². The predicted octanol–water partition coefficient (Wildman–Crippen LogP) is 4.55. The van der Waals surface area contributed by atoms with Crippen LogP contribution in [0.15, 0.2) is 42.5 Å². The minimum atomic E-state index is -0.469. The molecule has 0 heterocycles. The quantitative estimate of drug-likeness (QED) is 0.712. The highest BCUT2D eigenvalue weighted by Gasteiger charge is 2.13. The predicted molar refractivity (Wildman–Crippen MR) is 111 cm³/mol. The molecule has 28 heavy (non-hydrogen) atoms. The van der Waals surface area contributed by atoms with Crippen LogP contribution in [0.1, 0.15) is 43.9 Å². The summed E-state index contributed by atoms with van der Waals surface area (Å²) in [4.78, 5) is 23.8. The summed E-state index contributed by atoms with van der Waals surface area (Å²) in [6.45, 7) is 10.2. The van der Waals surface area contributed by atoms with Crippen LogP contribution in [-0.4, -0.2) is 25.1 Å². The summed E-state index contributed by atoms with van der Waals surface area (Å²) in [6, 6.07) is 13.6. The summed E-state index contributed by atoms with van der Waals surface area (Å²) in [6.07, 6.45) is 0.0810. The van der Waals surface area contributed by atoms with Crippen molar-refractivity contribution in [2.24, 2.45) is 0 Å². The van der Waals surface area contributed by atoms with Crippen molar-refractivity contribution in [2.45, 2.75) is 46.5 Å². The van der Waals surface area contributed by atoms with Crippen LogP contribution in [0.3, 0.4) is 0 Å². The summed E-state index contributed by atoms with van der Waals surface area (Å²) >= 11 is 0. The zero-order chi connectivity index (χ0) is 20.7. The average Bonchev–Trinajstić information content (AvgIpc) is 2.63. The number of rotatable bonds is 7. The average molecular weight is 383 g/mol. The minimum absolute atomic E-state index is 0.0810.